The first-order chi connectivity index (χ1) is 6.79. The molecule has 0 unspecified atom stereocenters. The molecule has 0 bridgehead atoms. The van der Waals surface area contributed by atoms with Crippen molar-refractivity contribution in [1.82, 2.24) is 5.01 Å². The lowest BCUT2D eigenvalue weighted by molar-refractivity contribution is -0.726. The lowest BCUT2D eigenvalue weighted by Crippen LogP contribution is -2.46. The van der Waals surface area contributed by atoms with E-state index in [1.165, 1.54) is 0 Å². The molecule has 0 aromatic carbocycles. The Morgan fingerprint density at radius 1 is 1.40 bits per heavy atom. The molecule has 0 spiro atoms. The van der Waals surface area contributed by atoms with Crippen molar-refractivity contribution < 1.29 is 9.81 Å². The Labute approximate surface area is 92.2 Å². The van der Waals surface area contributed by atoms with E-state index in [9.17, 15) is 5.21 Å². The van der Waals surface area contributed by atoms with E-state index in [1.807, 2.05) is 41.5 Å². The van der Waals surface area contributed by atoms with Crippen molar-refractivity contribution in [3.8, 4) is 0 Å². The Hall–Kier alpha value is -1.00. The maximum Gasteiger partial charge on any atom is 0.233 e. The predicted molar refractivity (Wildman–Crippen MR) is 59.0 cm³/mol. The summed E-state index contributed by atoms with van der Waals surface area (Å²) in [4.78, 5) is 5.47. The first-order valence-electron chi connectivity index (χ1n) is 5.40. The zero-order chi connectivity index (χ0) is 12.1. The van der Waals surface area contributed by atoms with E-state index in [1.54, 1.807) is 5.01 Å². The van der Waals surface area contributed by atoms with E-state index in [4.69, 9.17) is 4.84 Å². The maximum absolute atomic E-state index is 11.6. The summed E-state index contributed by atoms with van der Waals surface area (Å²) in [5.74, 6) is 0. The summed E-state index contributed by atoms with van der Waals surface area (Å²) in [6.45, 7) is 12.3. The minimum absolute atomic E-state index is 0.0788. The van der Waals surface area contributed by atoms with Gasteiger partial charge in [-0.05, 0) is 41.0 Å². The summed E-state index contributed by atoms with van der Waals surface area (Å²) in [5, 5.41) is 16.8. The van der Waals surface area contributed by atoms with E-state index in [0.717, 1.165) is 6.42 Å². The van der Waals surface area contributed by atoms with Crippen LogP contribution in [0.5, 0.6) is 0 Å². The van der Waals surface area contributed by atoms with Crippen LogP contribution in [0.25, 0.3) is 0 Å². The monoisotopic (exact) mass is 217 g/mol. The minimum Gasteiger partial charge on any atom is -0.569 e. The van der Waals surface area contributed by atoms with Crippen molar-refractivity contribution in [2.45, 2.75) is 59.6 Å². The fourth-order valence-corrected chi connectivity index (χ4v) is 1.07. The summed E-state index contributed by atoms with van der Waals surface area (Å²) < 4.78 is 0. The molecular formula is C10H23N3O2. The highest BCUT2D eigenvalue weighted by Crippen LogP contribution is 2.14. The Morgan fingerprint density at radius 3 is 2.27 bits per heavy atom. The second-order valence-electron chi connectivity index (χ2n) is 4.78. The second-order valence-corrected chi connectivity index (χ2v) is 4.78. The molecule has 0 saturated carbocycles. The van der Waals surface area contributed by atoms with Gasteiger partial charge in [-0.15, -0.1) is 5.01 Å². The van der Waals surface area contributed by atoms with Crippen molar-refractivity contribution in [1.29, 1.82) is 0 Å². The Bertz CT molecular complexity index is 209. The summed E-state index contributed by atoms with van der Waals surface area (Å²) >= 11 is 0. The summed E-state index contributed by atoms with van der Waals surface area (Å²) in [5.41, 5.74) is -0.248. The molecule has 90 valence electrons. The van der Waals surface area contributed by atoms with Crippen LogP contribution in [0.15, 0.2) is 5.28 Å². The predicted octanol–water partition coefficient (Wildman–Crippen LogP) is 2.71. The third-order valence-corrected chi connectivity index (χ3v) is 1.74. The minimum atomic E-state index is -0.248. The molecule has 0 aromatic rings. The van der Waals surface area contributed by atoms with Crippen molar-refractivity contribution >= 4 is 0 Å². The molecule has 0 fully saturated rings. The molecule has 0 radical (unpaired) electrons. The number of hydrogen-bond acceptors (Lipinski definition) is 3. The van der Waals surface area contributed by atoms with Crippen molar-refractivity contribution in [3.05, 3.63) is 5.21 Å². The van der Waals surface area contributed by atoms with E-state index in [2.05, 4.69) is 5.28 Å². The van der Waals surface area contributed by atoms with Crippen LogP contribution in [0, 0.1) is 5.21 Å². The molecule has 0 heterocycles. The van der Waals surface area contributed by atoms with Gasteiger partial charge in [-0.1, -0.05) is 6.92 Å². The highest BCUT2D eigenvalue weighted by Gasteiger charge is 2.27. The molecule has 0 atom stereocenters. The maximum atomic E-state index is 11.6. The lowest BCUT2D eigenvalue weighted by atomic mass is 10.1. The highest BCUT2D eigenvalue weighted by atomic mass is 16.7. The number of hydrazine groups is 1. The molecule has 0 N–H and O–H groups in total. The van der Waals surface area contributed by atoms with Gasteiger partial charge in [-0.3, -0.25) is 0 Å². The van der Waals surface area contributed by atoms with Crippen LogP contribution in [0.1, 0.15) is 48.0 Å². The molecule has 0 aromatic heterocycles. The Kier molecular flexibility index (Phi) is 5.39. The van der Waals surface area contributed by atoms with Crippen LogP contribution < -0.4 is 0 Å². The van der Waals surface area contributed by atoms with Gasteiger partial charge in [0.1, 0.15) is 6.10 Å². The van der Waals surface area contributed by atoms with Crippen LogP contribution in [0.3, 0.4) is 0 Å². The molecule has 0 aliphatic carbocycles. The molecule has 5 nitrogen and oxygen atoms in total. The summed E-state index contributed by atoms with van der Waals surface area (Å²) in [7, 11) is 0. The van der Waals surface area contributed by atoms with E-state index < -0.39 is 0 Å². The molecule has 0 rings (SSSR count). The number of hydrogen-bond donors (Lipinski definition) is 0. The average Bonchev–Trinajstić information content (AvgIpc) is 2.08. The lowest BCUT2D eigenvalue weighted by Gasteiger charge is -2.30. The first kappa shape index (κ1) is 14.0. The zero-order valence-electron chi connectivity index (χ0n) is 10.6. The summed E-state index contributed by atoms with van der Waals surface area (Å²) in [6.07, 6.45) is 0.817. The van der Waals surface area contributed by atoms with E-state index >= 15 is 0 Å². The van der Waals surface area contributed by atoms with Gasteiger partial charge in [0.2, 0.25) is 5.28 Å². The molecule has 0 amide bonds. The van der Waals surface area contributed by atoms with Crippen molar-refractivity contribution in [2.24, 2.45) is 5.28 Å². The van der Waals surface area contributed by atoms with Gasteiger partial charge >= 0.3 is 0 Å². The van der Waals surface area contributed by atoms with Crippen LogP contribution in [0.4, 0.5) is 0 Å². The SMILES string of the molecule is CCCN([N+]([O-])=NOC(C)C)C(C)(C)C. The standard InChI is InChI=1S/C10H23N3O2/c1-7-8-12(10(4,5)6)13(14)11-15-9(2)3/h9H,7-8H2,1-6H3. The zero-order valence-corrected chi connectivity index (χ0v) is 10.6. The topological polar surface area (TPSA) is 50.9 Å². The van der Waals surface area contributed by atoms with Gasteiger partial charge in [0.05, 0.1) is 17.1 Å². The number of rotatable bonds is 5. The van der Waals surface area contributed by atoms with Crippen LogP contribution in [0.2, 0.25) is 0 Å². The van der Waals surface area contributed by atoms with Gasteiger partial charge < -0.3 is 10.0 Å². The highest BCUT2D eigenvalue weighted by molar-refractivity contribution is 4.68. The summed E-state index contributed by atoms with van der Waals surface area (Å²) in [6, 6.07) is 0. The van der Waals surface area contributed by atoms with Gasteiger partial charge in [0.25, 0.3) is 0 Å². The molecule has 0 aliphatic rings. The molecule has 15 heavy (non-hydrogen) atoms. The van der Waals surface area contributed by atoms with Crippen molar-refractivity contribution in [2.75, 3.05) is 6.54 Å². The quantitative estimate of drug-likeness (QED) is 0.404. The van der Waals surface area contributed by atoms with Gasteiger partial charge in [0.15, 0.2) is 0 Å². The van der Waals surface area contributed by atoms with Gasteiger partial charge in [-0.2, -0.15) is 0 Å². The van der Waals surface area contributed by atoms with Crippen LogP contribution in [-0.2, 0) is 4.84 Å². The van der Waals surface area contributed by atoms with Gasteiger partial charge in [0, 0.05) is 0 Å². The third-order valence-electron chi connectivity index (χ3n) is 1.74. The van der Waals surface area contributed by atoms with Crippen LogP contribution >= 0.6 is 0 Å². The second kappa shape index (κ2) is 5.78. The Balaban J connectivity index is 4.55. The largest absolute Gasteiger partial charge is 0.569 e. The molecule has 5 heteroatoms. The molecule has 0 saturated heterocycles. The van der Waals surface area contributed by atoms with E-state index in [-0.39, 0.29) is 11.6 Å². The smallest absolute Gasteiger partial charge is 0.233 e. The molecular weight excluding hydrogens is 194 g/mol. The van der Waals surface area contributed by atoms with Crippen molar-refractivity contribution in [3.63, 3.8) is 0 Å². The third kappa shape index (κ3) is 5.44. The van der Waals surface area contributed by atoms with Crippen LogP contribution in [-0.4, -0.2) is 28.2 Å². The fourth-order valence-electron chi connectivity index (χ4n) is 1.07. The van der Waals surface area contributed by atoms with E-state index in [0.29, 0.717) is 11.5 Å². The Morgan fingerprint density at radius 2 is 1.93 bits per heavy atom. The normalized spacial score (nSPS) is 13.1. The molecule has 0 aliphatic heterocycles. The van der Waals surface area contributed by atoms with Gasteiger partial charge in [-0.25, -0.2) is 0 Å². The fraction of sp³-hybridized carbons (Fsp3) is 1.00. The first-order valence-corrected chi connectivity index (χ1v) is 5.40. The number of nitrogens with zero attached hydrogens (tertiary/aromatic N) is 3. The average molecular weight is 217 g/mol.